The van der Waals surface area contributed by atoms with Crippen LogP contribution in [-0.4, -0.2) is 6.71 Å². The lowest BCUT2D eigenvalue weighted by Gasteiger charge is -2.48. The lowest BCUT2D eigenvalue weighted by atomic mass is 9.35. The molecule has 0 saturated heterocycles. The number of rotatable bonds is 7. The lowest BCUT2D eigenvalue weighted by Crippen LogP contribution is -2.61. The number of aryl methyl sites for hydroxylation is 1. The first-order valence-electron chi connectivity index (χ1n) is 30.3. The molecule has 12 rings (SSSR count). The Bertz CT molecular complexity index is 3700. The van der Waals surface area contributed by atoms with Crippen molar-refractivity contribution < 1.29 is 4.42 Å². The Morgan fingerprint density at radius 3 is 1.41 bits per heavy atom. The van der Waals surface area contributed by atoms with Crippen LogP contribution in [0.25, 0.3) is 11.0 Å². The van der Waals surface area contributed by atoms with E-state index in [2.05, 4.69) is 274 Å². The second-order valence-corrected chi connectivity index (χ2v) is 30.1. The molecule has 412 valence electrons. The first-order valence-corrected chi connectivity index (χ1v) is 30.3. The van der Waals surface area contributed by atoms with E-state index < -0.39 is 0 Å². The van der Waals surface area contributed by atoms with Gasteiger partial charge >= 0.3 is 0 Å². The molecule has 0 atom stereocenters. The summed E-state index contributed by atoms with van der Waals surface area (Å²) in [5.41, 5.74) is 27.4. The van der Waals surface area contributed by atoms with Gasteiger partial charge in [-0.1, -0.05) is 179 Å². The quantitative estimate of drug-likeness (QED) is 0.148. The van der Waals surface area contributed by atoms with Gasteiger partial charge in [0.25, 0.3) is 6.71 Å². The fraction of sp³-hybridized carbons (Fsp3) is 0.413. The summed E-state index contributed by atoms with van der Waals surface area (Å²) < 4.78 is 7.63. The maximum absolute atomic E-state index is 7.63. The van der Waals surface area contributed by atoms with Gasteiger partial charge in [0.05, 0.1) is 17.0 Å². The minimum absolute atomic E-state index is 0.00377. The van der Waals surface area contributed by atoms with Crippen LogP contribution in [0.1, 0.15) is 212 Å². The molecule has 0 fully saturated rings. The molecule has 8 aromatic rings. The minimum Gasteiger partial charge on any atom is -0.468 e. The van der Waals surface area contributed by atoms with E-state index in [0.717, 1.165) is 64.3 Å². The number of hydrogen-bond acceptors (Lipinski definition) is 4. The van der Waals surface area contributed by atoms with E-state index in [4.69, 9.17) is 4.42 Å². The van der Waals surface area contributed by atoms with Crippen LogP contribution < -0.4 is 31.3 Å². The Kier molecular flexibility index (Phi) is 12.4. The Labute approximate surface area is 481 Å². The molecule has 5 heteroatoms. The molecule has 1 aromatic heterocycles. The number of benzene rings is 7. The van der Waals surface area contributed by atoms with Crippen LogP contribution in [0.15, 0.2) is 132 Å². The summed E-state index contributed by atoms with van der Waals surface area (Å²) in [4.78, 5) is 7.85. The smallest absolute Gasteiger partial charge is 0.297 e. The van der Waals surface area contributed by atoms with E-state index >= 15 is 0 Å². The van der Waals surface area contributed by atoms with Crippen LogP contribution in [0.5, 0.6) is 0 Å². The molecule has 2 aliphatic carbocycles. The molecule has 0 N–H and O–H groups in total. The standard InChI is InChI=1S/C75H88BN3O/c1-45(2)48-20-27-52(28-21-48)77(53-29-22-49(23-30-53)46(3)4)55-40-64-67-65(41-55)79(62-43-59-57(38-47(62)5)72(12,13)34-36-74(59,16)17)63-44-60-58(73(14,15)35-37-75(60,18)19)42-61(63)76(67)69-68(56-39-51(71(9,10)11)26-33-66(56)80-69)78(64)54-31-24-50(25-32-54)70(6,7)8/h20-33,38-46H,34-37H2,1-19H3. The molecule has 0 spiro atoms. The summed E-state index contributed by atoms with van der Waals surface area (Å²) >= 11 is 0. The van der Waals surface area contributed by atoms with Crippen molar-refractivity contribution >= 4 is 85.5 Å². The molecule has 7 aromatic carbocycles. The van der Waals surface area contributed by atoms with Crippen molar-refractivity contribution in [3.8, 4) is 0 Å². The van der Waals surface area contributed by atoms with Crippen LogP contribution in [0, 0.1) is 6.92 Å². The first-order chi connectivity index (χ1) is 37.4. The van der Waals surface area contributed by atoms with E-state index in [1.54, 1.807) is 0 Å². The molecule has 0 unspecified atom stereocenters. The second-order valence-electron chi connectivity index (χ2n) is 30.1. The predicted octanol–water partition coefficient (Wildman–Crippen LogP) is 19.8. The number of furan rings is 1. The normalized spacial score (nSPS) is 17.5. The van der Waals surface area contributed by atoms with Crippen LogP contribution in [0.4, 0.5) is 51.2 Å². The van der Waals surface area contributed by atoms with Gasteiger partial charge in [-0.05, 0) is 211 Å². The van der Waals surface area contributed by atoms with Crippen LogP contribution in [-0.2, 0) is 32.5 Å². The lowest BCUT2D eigenvalue weighted by molar-refractivity contribution is 0.331. The van der Waals surface area contributed by atoms with Crippen molar-refractivity contribution in [2.75, 3.05) is 14.7 Å². The zero-order valence-corrected chi connectivity index (χ0v) is 51.9. The third-order valence-corrected chi connectivity index (χ3v) is 19.8. The summed E-state index contributed by atoms with van der Waals surface area (Å²) in [6.45, 7) is 45.1. The van der Waals surface area contributed by atoms with Gasteiger partial charge in [-0.3, -0.25) is 0 Å². The zero-order chi connectivity index (χ0) is 57.1. The molecule has 2 aliphatic heterocycles. The van der Waals surface area contributed by atoms with E-state index in [1.165, 1.54) is 90.2 Å². The van der Waals surface area contributed by atoms with Crippen molar-refractivity contribution in [1.82, 2.24) is 0 Å². The molecular formula is C75H88BN3O. The molecule has 0 amide bonds. The van der Waals surface area contributed by atoms with Crippen LogP contribution >= 0.6 is 0 Å². The van der Waals surface area contributed by atoms with E-state index in [0.29, 0.717) is 11.8 Å². The van der Waals surface area contributed by atoms with Crippen molar-refractivity contribution in [2.24, 2.45) is 0 Å². The maximum Gasteiger partial charge on any atom is 0.297 e. The molecular weight excluding hydrogens is 970 g/mol. The maximum atomic E-state index is 7.63. The van der Waals surface area contributed by atoms with Crippen molar-refractivity contribution in [3.63, 3.8) is 0 Å². The van der Waals surface area contributed by atoms with E-state index in [-0.39, 0.29) is 39.2 Å². The minimum atomic E-state index is -0.200. The monoisotopic (exact) mass is 1060 g/mol. The third-order valence-electron chi connectivity index (χ3n) is 19.8. The summed E-state index contributed by atoms with van der Waals surface area (Å²) in [5, 5.41) is 1.15. The van der Waals surface area contributed by atoms with E-state index in [1.807, 2.05) is 0 Å². The molecule has 0 radical (unpaired) electrons. The van der Waals surface area contributed by atoms with Gasteiger partial charge in [0.15, 0.2) is 0 Å². The molecule has 3 heterocycles. The largest absolute Gasteiger partial charge is 0.468 e. The molecule has 4 aliphatic rings. The highest BCUT2D eigenvalue weighted by Gasteiger charge is 2.50. The summed E-state index contributed by atoms with van der Waals surface area (Å²) in [7, 11) is 0. The van der Waals surface area contributed by atoms with Gasteiger partial charge in [-0.15, -0.1) is 0 Å². The van der Waals surface area contributed by atoms with Gasteiger partial charge in [0.1, 0.15) is 5.58 Å². The topological polar surface area (TPSA) is 22.9 Å². The number of anilines is 9. The van der Waals surface area contributed by atoms with Crippen molar-refractivity contribution in [2.45, 2.75) is 202 Å². The SMILES string of the molecule is Cc1cc2c(cc1N1c3cc4c(cc3B3c5oc6ccc(C(C)(C)C)cc6c5N(c5ccc(C(C)(C)C)cc5)c5cc(N(c6ccc(C(C)C)cc6)c6ccc(C(C)C)cc6)cc1c53)C(C)(C)CCC4(C)C)C(C)(C)CCC2(C)C. The predicted molar refractivity (Wildman–Crippen MR) is 346 cm³/mol. The third kappa shape index (κ3) is 8.68. The highest BCUT2D eigenvalue weighted by molar-refractivity contribution is 7.00. The zero-order valence-electron chi connectivity index (χ0n) is 51.9. The van der Waals surface area contributed by atoms with Crippen molar-refractivity contribution in [1.29, 1.82) is 0 Å². The summed E-state index contributed by atoms with van der Waals surface area (Å²) in [6, 6.07) is 50.8. The van der Waals surface area contributed by atoms with Crippen molar-refractivity contribution in [3.05, 3.63) is 177 Å². The number of nitrogens with zero attached hydrogens (tertiary/aromatic N) is 3. The summed E-state index contributed by atoms with van der Waals surface area (Å²) in [6.07, 6.45) is 4.58. The number of hydrogen-bond donors (Lipinski definition) is 0. The first kappa shape index (κ1) is 54.1. The Morgan fingerprint density at radius 2 is 0.925 bits per heavy atom. The van der Waals surface area contributed by atoms with Gasteiger partial charge in [0.2, 0.25) is 0 Å². The molecule has 0 bridgehead atoms. The van der Waals surface area contributed by atoms with Crippen LogP contribution in [0.3, 0.4) is 0 Å². The Balaban J connectivity index is 1.27. The second kappa shape index (κ2) is 18.3. The highest BCUT2D eigenvalue weighted by atomic mass is 16.3. The van der Waals surface area contributed by atoms with E-state index in [9.17, 15) is 0 Å². The van der Waals surface area contributed by atoms with Crippen LogP contribution in [0.2, 0.25) is 0 Å². The summed E-state index contributed by atoms with van der Waals surface area (Å²) in [5.74, 6) is 0.823. The highest BCUT2D eigenvalue weighted by Crippen LogP contribution is 2.55. The Morgan fingerprint density at radius 1 is 0.475 bits per heavy atom. The molecule has 4 nitrogen and oxygen atoms in total. The van der Waals surface area contributed by atoms with Gasteiger partial charge in [-0.2, -0.15) is 0 Å². The Hall–Kier alpha value is -6.46. The number of fused-ring (bicyclic) bond motifs is 8. The average Bonchev–Trinajstić information content (AvgIpc) is 2.98. The molecule has 80 heavy (non-hydrogen) atoms. The van der Waals surface area contributed by atoms with Gasteiger partial charge in [-0.25, -0.2) is 0 Å². The average molecular weight is 1060 g/mol. The van der Waals surface area contributed by atoms with Gasteiger partial charge < -0.3 is 19.1 Å². The van der Waals surface area contributed by atoms with Gasteiger partial charge in [0, 0.05) is 45.2 Å². The fourth-order valence-corrected chi connectivity index (χ4v) is 14.2. The molecule has 0 saturated carbocycles. The fourth-order valence-electron chi connectivity index (χ4n) is 14.2.